The van der Waals surface area contributed by atoms with Crippen molar-refractivity contribution in [3.05, 3.63) is 35.6 Å². The molecule has 0 radical (unpaired) electrons. The minimum absolute atomic E-state index is 0.165. The van der Waals surface area contributed by atoms with Gasteiger partial charge in [-0.15, -0.1) is 0 Å². The van der Waals surface area contributed by atoms with E-state index in [1.165, 1.54) is 10.4 Å². The Bertz CT molecular complexity index is 592. The maximum absolute atomic E-state index is 14.0. The molecule has 1 aliphatic heterocycles. The second-order valence-corrected chi connectivity index (χ2v) is 7.36. The van der Waals surface area contributed by atoms with Crippen molar-refractivity contribution < 1.29 is 12.8 Å². The van der Waals surface area contributed by atoms with Crippen LogP contribution >= 0.6 is 0 Å². The molecule has 21 heavy (non-hydrogen) atoms. The van der Waals surface area contributed by atoms with Crippen molar-refractivity contribution >= 4 is 10.2 Å². The summed E-state index contributed by atoms with van der Waals surface area (Å²) in [6.07, 6.45) is 0. The number of halogens is 1. The zero-order chi connectivity index (χ0) is 15.6. The van der Waals surface area contributed by atoms with Gasteiger partial charge in [0.15, 0.2) is 0 Å². The molecule has 1 fully saturated rings. The second kappa shape index (κ2) is 6.39. The highest BCUT2D eigenvalue weighted by atomic mass is 32.2. The van der Waals surface area contributed by atoms with E-state index in [1.807, 2.05) is 11.9 Å². The predicted molar refractivity (Wildman–Crippen MR) is 80.5 cm³/mol. The van der Waals surface area contributed by atoms with Gasteiger partial charge >= 0.3 is 0 Å². The standard InChI is InChI=1S/C14H22FN3O2S/c1-11(2)16-21(19,20)18-9-8-17(3)14(10-18)12-6-4-5-7-13(12)15/h4-7,11,14,16H,8-10H2,1-3H3. The molecule has 5 nitrogen and oxygen atoms in total. The largest absolute Gasteiger partial charge is 0.297 e. The van der Waals surface area contributed by atoms with Crippen molar-refractivity contribution in [3.8, 4) is 0 Å². The van der Waals surface area contributed by atoms with Gasteiger partial charge in [-0.05, 0) is 27.0 Å². The minimum Gasteiger partial charge on any atom is -0.297 e. The number of nitrogens with zero attached hydrogens (tertiary/aromatic N) is 2. The number of benzene rings is 1. The Morgan fingerprint density at radius 3 is 2.57 bits per heavy atom. The molecule has 1 unspecified atom stereocenters. The molecule has 0 bridgehead atoms. The first-order chi connectivity index (χ1) is 9.81. The number of nitrogens with one attached hydrogen (secondary N) is 1. The van der Waals surface area contributed by atoms with E-state index in [1.54, 1.807) is 32.0 Å². The highest BCUT2D eigenvalue weighted by molar-refractivity contribution is 7.87. The van der Waals surface area contributed by atoms with Crippen molar-refractivity contribution in [2.24, 2.45) is 0 Å². The summed E-state index contributed by atoms with van der Waals surface area (Å²) in [4.78, 5) is 1.99. The molecular formula is C14H22FN3O2S. The smallest absolute Gasteiger partial charge is 0.279 e. The van der Waals surface area contributed by atoms with E-state index >= 15 is 0 Å². The summed E-state index contributed by atoms with van der Waals surface area (Å²) >= 11 is 0. The number of rotatable bonds is 4. The summed E-state index contributed by atoms with van der Waals surface area (Å²) in [6.45, 7) is 4.78. The number of hydrogen-bond acceptors (Lipinski definition) is 3. The maximum Gasteiger partial charge on any atom is 0.279 e. The van der Waals surface area contributed by atoms with Crippen LogP contribution in [0.3, 0.4) is 0 Å². The van der Waals surface area contributed by atoms with E-state index in [0.29, 0.717) is 18.7 Å². The fraction of sp³-hybridized carbons (Fsp3) is 0.571. The van der Waals surface area contributed by atoms with Gasteiger partial charge in [0, 0.05) is 31.2 Å². The second-order valence-electron chi connectivity index (χ2n) is 5.65. The van der Waals surface area contributed by atoms with E-state index < -0.39 is 10.2 Å². The summed E-state index contributed by atoms with van der Waals surface area (Å²) in [5, 5.41) is 0. The van der Waals surface area contributed by atoms with Crippen LogP contribution in [0.15, 0.2) is 24.3 Å². The van der Waals surface area contributed by atoms with Gasteiger partial charge in [0.25, 0.3) is 10.2 Å². The highest BCUT2D eigenvalue weighted by Crippen LogP contribution is 2.27. The van der Waals surface area contributed by atoms with Gasteiger partial charge in [-0.1, -0.05) is 18.2 Å². The number of likely N-dealkylation sites (N-methyl/N-ethyl adjacent to an activating group) is 1. The topological polar surface area (TPSA) is 52.7 Å². The third kappa shape index (κ3) is 3.79. The Labute approximate surface area is 125 Å². The van der Waals surface area contributed by atoms with Crippen molar-refractivity contribution in [1.29, 1.82) is 0 Å². The van der Waals surface area contributed by atoms with Gasteiger partial charge in [-0.25, -0.2) is 4.39 Å². The zero-order valence-electron chi connectivity index (χ0n) is 12.6. The van der Waals surface area contributed by atoms with Crippen LogP contribution < -0.4 is 4.72 Å². The molecule has 1 heterocycles. The van der Waals surface area contributed by atoms with E-state index in [4.69, 9.17) is 0 Å². The Morgan fingerprint density at radius 1 is 1.29 bits per heavy atom. The van der Waals surface area contributed by atoms with E-state index in [0.717, 1.165) is 0 Å². The monoisotopic (exact) mass is 315 g/mol. The first kappa shape index (κ1) is 16.4. The molecule has 1 atom stereocenters. The van der Waals surface area contributed by atoms with Crippen molar-refractivity contribution in [3.63, 3.8) is 0 Å². The fourth-order valence-electron chi connectivity index (χ4n) is 2.52. The lowest BCUT2D eigenvalue weighted by Gasteiger charge is -2.39. The molecule has 1 aliphatic rings. The first-order valence-corrected chi connectivity index (χ1v) is 8.47. The summed E-state index contributed by atoms with van der Waals surface area (Å²) in [5.41, 5.74) is 0.532. The van der Waals surface area contributed by atoms with Gasteiger partial charge in [0.05, 0.1) is 6.04 Å². The molecule has 1 aromatic carbocycles. The van der Waals surface area contributed by atoms with Crippen molar-refractivity contribution in [2.75, 3.05) is 26.7 Å². The van der Waals surface area contributed by atoms with Crippen LogP contribution in [0.4, 0.5) is 4.39 Å². The fourth-order valence-corrected chi connectivity index (χ4v) is 3.92. The van der Waals surface area contributed by atoms with Crippen LogP contribution in [0.1, 0.15) is 25.5 Å². The Kier molecular flexibility index (Phi) is 4.98. The van der Waals surface area contributed by atoms with Crippen molar-refractivity contribution in [2.45, 2.75) is 25.9 Å². The van der Waals surface area contributed by atoms with Crippen LogP contribution in [0.5, 0.6) is 0 Å². The normalized spacial score (nSPS) is 21.9. The summed E-state index contributed by atoms with van der Waals surface area (Å²) in [5.74, 6) is -0.301. The van der Waals surface area contributed by atoms with Crippen LogP contribution in [0, 0.1) is 5.82 Å². The van der Waals surface area contributed by atoms with Gasteiger partial charge in [0.1, 0.15) is 5.82 Å². The van der Waals surface area contributed by atoms with Crippen molar-refractivity contribution in [1.82, 2.24) is 13.9 Å². The van der Waals surface area contributed by atoms with Crippen LogP contribution in [-0.4, -0.2) is 50.3 Å². The third-order valence-corrected chi connectivity index (χ3v) is 5.38. The summed E-state index contributed by atoms with van der Waals surface area (Å²) in [6, 6.07) is 6.08. The maximum atomic E-state index is 14.0. The molecule has 0 aliphatic carbocycles. The van der Waals surface area contributed by atoms with E-state index in [2.05, 4.69) is 4.72 Å². The Morgan fingerprint density at radius 2 is 1.95 bits per heavy atom. The van der Waals surface area contributed by atoms with Crippen LogP contribution in [0.2, 0.25) is 0 Å². The average molecular weight is 315 g/mol. The molecule has 0 saturated carbocycles. The first-order valence-electron chi connectivity index (χ1n) is 7.03. The molecule has 118 valence electrons. The Balaban J connectivity index is 2.23. The quantitative estimate of drug-likeness (QED) is 0.913. The molecule has 2 rings (SSSR count). The molecule has 7 heteroatoms. The molecule has 1 saturated heterocycles. The molecule has 0 amide bonds. The summed E-state index contributed by atoms with van der Waals surface area (Å²) in [7, 11) is -1.64. The lowest BCUT2D eigenvalue weighted by atomic mass is 10.0. The zero-order valence-corrected chi connectivity index (χ0v) is 13.4. The van der Waals surface area contributed by atoms with Crippen LogP contribution in [-0.2, 0) is 10.2 Å². The van der Waals surface area contributed by atoms with Gasteiger partial charge in [0.2, 0.25) is 0 Å². The molecule has 1 N–H and O–H groups in total. The molecule has 1 aromatic rings. The lowest BCUT2D eigenvalue weighted by molar-refractivity contribution is 0.144. The van der Waals surface area contributed by atoms with Gasteiger partial charge in [-0.3, -0.25) is 4.90 Å². The number of piperazine rings is 1. The third-order valence-electron chi connectivity index (χ3n) is 3.60. The molecule has 0 spiro atoms. The minimum atomic E-state index is -3.53. The van der Waals surface area contributed by atoms with E-state index in [9.17, 15) is 12.8 Å². The van der Waals surface area contributed by atoms with Crippen LogP contribution in [0.25, 0.3) is 0 Å². The number of hydrogen-bond donors (Lipinski definition) is 1. The summed E-state index contributed by atoms with van der Waals surface area (Å²) < 4.78 is 42.5. The highest BCUT2D eigenvalue weighted by Gasteiger charge is 2.33. The lowest BCUT2D eigenvalue weighted by Crippen LogP contribution is -2.53. The SMILES string of the molecule is CC(C)NS(=O)(=O)N1CCN(C)C(c2ccccc2F)C1. The molecule has 0 aromatic heterocycles. The van der Waals surface area contributed by atoms with Gasteiger partial charge in [-0.2, -0.15) is 17.4 Å². The predicted octanol–water partition coefficient (Wildman–Crippen LogP) is 1.36. The Hall–Kier alpha value is -1.02. The van der Waals surface area contributed by atoms with E-state index in [-0.39, 0.29) is 24.4 Å². The molecular weight excluding hydrogens is 293 g/mol. The van der Waals surface area contributed by atoms with Gasteiger partial charge < -0.3 is 0 Å². The average Bonchev–Trinajstić information content (AvgIpc) is 2.38.